The Morgan fingerprint density at radius 2 is 2.05 bits per heavy atom. The average molecular weight is 345 g/mol. The molecule has 0 amide bonds. The fourth-order valence-corrected chi connectivity index (χ4v) is 2.97. The van der Waals surface area contributed by atoms with Gasteiger partial charge in [-0.2, -0.15) is 0 Å². The molecule has 112 valence electrons. The van der Waals surface area contributed by atoms with E-state index in [1.54, 1.807) is 12.1 Å². The van der Waals surface area contributed by atoms with Crippen molar-refractivity contribution in [1.29, 1.82) is 0 Å². The Bertz CT molecular complexity index is 461. The lowest BCUT2D eigenvalue weighted by Gasteiger charge is -2.44. The third-order valence-corrected chi connectivity index (χ3v) is 4.95. The summed E-state index contributed by atoms with van der Waals surface area (Å²) in [4.78, 5) is 2.36. The van der Waals surface area contributed by atoms with Gasteiger partial charge < -0.3 is 10.5 Å². The molecule has 1 saturated heterocycles. The summed E-state index contributed by atoms with van der Waals surface area (Å²) in [6, 6.07) is 4.67. The van der Waals surface area contributed by atoms with Crippen molar-refractivity contribution in [2.45, 2.75) is 31.8 Å². The van der Waals surface area contributed by atoms with E-state index in [9.17, 15) is 4.39 Å². The molecule has 1 aromatic carbocycles. The minimum atomic E-state index is -0.223. The maximum absolute atomic E-state index is 13.4. The summed E-state index contributed by atoms with van der Waals surface area (Å²) in [5.41, 5.74) is 7.18. The van der Waals surface area contributed by atoms with Crippen LogP contribution in [0.3, 0.4) is 0 Å². The summed E-state index contributed by atoms with van der Waals surface area (Å²) in [5, 5.41) is 0. The van der Waals surface area contributed by atoms with Crippen molar-refractivity contribution in [2.75, 3.05) is 26.3 Å². The average Bonchev–Trinajstić information content (AvgIpc) is 2.43. The van der Waals surface area contributed by atoms with Crippen LogP contribution in [-0.4, -0.2) is 42.8 Å². The van der Waals surface area contributed by atoms with Crippen LogP contribution in [0.15, 0.2) is 22.7 Å². The van der Waals surface area contributed by atoms with Crippen LogP contribution < -0.4 is 5.73 Å². The second-order valence-electron chi connectivity index (χ2n) is 5.80. The molecule has 0 spiro atoms. The molecular weight excluding hydrogens is 323 g/mol. The zero-order chi connectivity index (χ0) is 14.8. The molecule has 3 nitrogen and oxygen atoms in total. The Morgan fingerprint density at radius 3 is 2.70 bits per heavy atom. The summed E-state index contributed by atoms with van der Waals surface area (Å²) in [6.07, 6.45) is 0.642. The van der Waals surface area contributed by atoms with E-state index in [1.165, 1.54) is 6.07 Å². The summed E-state index contributed by atoms with van der Waals surface area (Å²) < 4.78 is 19.7. The van der Waals surface area contributed by atoms with Crippen LogP contribution >= 0.6 is 15.9 Å². The minimum absolute atomic E-state index is 0.0706. The quantitative estimate of drug-likeness (QED) is 0.912. The van der Waals surface area contributed by atoms with Crippen LogP contribution in [0, 0.1) is 5.82 Å². The van der Waals surface area contributed by atoms with Crippen molar-refractivity contribution in [3.63, 3.8) is 0 Å². The topological polar surface area (TPSA) is 38.5 Å². The molecule has 1 fully saturated rings. The predicted molar refractivity (Wildman–Crippen MR) is 82.3 cm³/mol. The summed E-state index contributed by atoms with van der Waals surface area (Å²) >= 11 is 3.47. The van der Waals surface area contributed by atoms with Crippen LogP contribution in [-0.2, 0) is 11.2 Å². The van der Waals surface area contributed by atoms with Crippen LogP contribution in [0.2, 0.25) is 0 Å². The Kier molecular flexibility index (Phi) is 5.18. The monoisotopic (exact) mass is 344 g/mol. The van der Waals surface area contributed by atoms with E-state index >= 15 is 0 Å². The maximum Gasteiger partial charge on any atom is 0.123 e. The van der Waals surface area contributed by atoms with Gasteiger partial charge in [-0.05, 0) is 44.0 Å². The highest BCUT2D eigenvalue weighted by Gasteiger charge is 2.34. The number of morpholine rings is 1. The first-order valence-electron chi connectivity index (χ1n) is 6.93. The molecule has 5 heteroatoms. The normalized spacial score (nSPS) is 19.1. The van der Waals surface area contributed by atoms with Crippen molar-refractivity contribution < 1.29 is 9.13 Å². The van der Waals surface area contributed by atoms with E-state index in [-0.39, 0.29) is 17.4 Å². The number of ether oxygens (including phenoxy) is 1. The van der Waals surface area contributed by atoms with Gasteiger partial charge in [-0.15, -0.1) is 0 Å². The number of rotatable bonds is 4. The molecule has 2 N–H and O–H groups in total. The highest BCUT2D eigenvalue weighted by Crippen LogP contribution is 2.25. The highest BCUT2D eigenvalue weighted by atomic mass is 79.9. The van der Waals surface area contributed by atoms with Crippen LogP contribution in [0.1, 0.15) is 19.4 Å². The van der Waals surface area contributed by atoms with Gasteiger partial charge in [0.2, 0.25) is 0 Å². The molecule has 0 aliphatic carbocycles. The Hall–Kier alpha value is -0.490. The van der Waals surface area contributed by atoms with Crippen LogP contribution in [0.25, 0.3) is 0 Å². The largest absolute Gasteiger partial charge is 0.379 e. The van der Waals surface area contributed by atoms with Crippen LogP contribution in [0.4, 0.5) is 4.39 Å². The first-order valence-corrected chi connectivity index (χ1v) is 7.73. The molecule has 0 aromatic heterocycles. The molecule has 1 heterocycles. The van der Waals surface area contributed by atoms with Crippen LogP contribution in [0.5, 0.6) is 0 Å². The van der Waals surface area contributed by atoms with E-state index in [0.29, 0.717) is 6.42 Å². The summed E-state index contributed by atoms with van der Waals surface area (Å²) in [7, 11) is 0. The molecule has 1 aliphatic heterocycles. The van der Waals surface area contributed by atoms with Crippen molar-refractivity contribution in [1.82, 2.24) is 4.90 Å². The second kappa shape index (κ2) is 6.52. The van der Waals surface area contributed by atoms with Crippen molar-refractivity contribution in [3.8, 4) is 0 Å². The number of benzene rings is 1. The number of hydrogen-bond donors (Lipinski definition) is 1. The van der Waals surface area contributed by atoms with E-state index in [4.69, 9.17) is 10.5 Å². The first-order chi connectivity index (χ1) is 9.41. The lowest BCUT2D eigenvalue weighted by atomic mass is 9.88. The summed E-state index contributed by atoms with van der Waals surface area (Å²) in [5.74, 6) is -0.223. The SMILES string of the molecule is CC(C)(C(N)Cc1cc(F)ccc1Br)N1CCOCC1. The van der Waals surface area contributed by atoms with Crippen molar-refractivity contribution in [3.05, 3.63) is 34.1 Å². The fourth-order valence-electron chi connectivity index (χ4n) is 2.56. The van der Waals surface area contributed by atoms with E-state index in [1.807, 2.05) is 0 Å². The second-order valence-corrected chi connectivity index (χ2v) is 6.65. The Balaban J connectivity index is 2.09. The lowest BCUT2D eigenvalue weighted by Crippen LogP contribution is -2.59. The zero-order valence-electron chi connectivity index (χ0n) is 12.0. The highest BCUT2D eigenvalue weighted by molar-refractivity contribution is 9.10. The number of hydrogen-bond acceptors (Lipinski definition) is 3. The van der Waals surface area contributed by atoms with Crippen molar-refractivity contribution >= 4 is 15.9 Å². The molecule has 1 atom stereocenters. The molecule has 0 bridgehead atoms. The van der Waals surface area contributed by atoms with E-state index < -0.39 is 0 Å². The Morgan fingerprint density at radius 1 is 1.40 bits per heavy atom. The van der Waals surface area contributed by atoms with E-state index in [0.717, 1.165) is 36.3 Å². The van der Waals surface area contributed by atoms with E-state index in [2.05, 4.69) is 34.7 Å². The standard InChI is InChI=1S/C15H22BrFN2O/c1-15(2,19-5-7-20-8-6-19)14(18)10-11-9-12(17)3-4-13(11)16/h3-4,9,14H,5-8,10,18H2,1-2H3. The summed E-state index contributed by atoms with van der Waals surface area (Å²) in [6.45, 7) is 7.59. The van der Waals surface area contributed by atoms with Gasteiger partial charge in [0, 0.05) is 29.1 Å². The third-order valence-electron chi connectivity index (χ3n) is 4.18. The van der Waals surface area contributed by atoms with Crippen molar-refractivity contribution in [2.24, 2.45) is 5.73 Å². The molecule has 20 heavy (non-hydrogen) atoms. The van der Waals surface area contributed by atoms with Gasteiger partial charge in [0.25, 0.3) is 0 Å². The number of nitrogens with zero attached hydrogens (tertiary/aromatic N) is 1. The van der Waals surface area contributed by atoms with Gasteiger partial charge in [0.1, 0.15) is 5.82 Å². The maximum atomic E-state index is 13.4. The smallest absolute Gasteiger partial charge is 0.123 e. The van der Waals surface area contributed by atoms with Gasteiger partial charge in [0.05, 0.1) is 13.2 Å². The molecule has 1 unspecified atom stereocenters. The molecule has 2 rings (SSSR count). The van der Waals surface area contributed by atoms with Gasteiger partial charge in [-0.25, -0.2) is 4.39 Å². The molecule has 1 aromatic rings. The van der Waals surface area contributed by atoms with Gasteiger partial charge in [-0.1, -0.05) is 15.9 Å². The Labute approximate surface area is 128 Å². The fraction of sp³-hybridized carbons (Fsp3) is 0.600. The molecule has 1 aliphatic rings. The van der Waals surface area contributed by atoms with Gasteiger partial charge in [-0.3, -0.25) is 4.90 Å². The van der Waals surface area contributed by atoms with Gasteiger partial charge >= 0.3 is 0 Å². The number of halogens is 2. The number of nitrogens with two attached hydrogens (primary N) is 1. The van der Waals surface area contributed by atoms with Gasteiger partial charge in [0.15, 0.2) is 0 Å². The zero-order valence-corrected chi connectivity index (χ0v) is 13.6. The molecule has 0 radical (unpaired) electrons. The lowest BCUT2D eigenvalue weighted by molar-refractivity contribution is -0.0186. The predicted octanol–water partition coefficient (Wildman–Crippen LogP) is 2.57. The minimum Gasteiger partial charge on any atom is -0.379 e. The first kappa shape index (κ1) is 15.9. The third kappa shape index (κ3) is 3.58. The molecule has 0 saturated carbocycles. The molecular formula is C15H22BrFN2O.